The summed E-state index contributed by atoms with van der Waals surface area (Å²) in [7, 11) is 1.68. The van der Waals surface area contributed by atoms with Crippen molar-refractivity contribution in [2.75, 3.05) is 31.6 Å². The zero-order valence-corrected chi connectivity index (χ0v) is 14.6. The quantitative estimate of drug-likeness (QED) is 0.938. The zero-order valence-electron chi connectivity index (χ0n) is 14.6. The molecule has 5 nitrogen and oxygen atoms in total. The fourth-order valence-corrected chi connectivity index (χ4v) is 3.59. The van der Waals surface area contributed by atoms with E-state index in [9.17, 15) is 4.79 Å². The first-order valence-electron chi connectivity index (χ1n) is 8.52. The Labute approximate surface area is 143 Å². The van der Waals surface area contributed by atoms with Crippen LogP contribution in [0.3, 0.4) is 0 Å². The van der Waals surface area contributed by atoms with Gasteiger partial charge in [-0.25, -0.2) is 0 Å². The third-order valence-electron chi connectivity index (χ3n) is 4.71. The van der Waals surface area contributed by atoms with Crippen LogP contribution in [-0.2, 0) is 4.79 Å². The second-order valence-electron chi connectivity index (χ2n) is 6.54. The number of benzene rings is 1. The van der Waals surface area contributed by atoms with Crippen LogP contribution in [0, 0.1) is 12.8 Å². The average molecular weight is 327 g/mol. The van der Waals surface area contributed by atoms with Gasteiger partial charge < -0.3 is 15.0 Å². The minimum Gasteiger partial charge on any atom is -0.494 e. The van der Waals surface area contributed by atoms with E-state index >= 15 is 0 Å². The van der Waals surface area contributed by atoms with E-state index in [1.807, 2.05) is 18.3 Å². The molecule has 2 aromatic rings. The van der Waals surface area contributed by atoms with E-state index in [-0.39, 0.29) is 5.91 Å². The van der Waals surface area contributed by atoms with Crippen molar-refractivity contribution in [3.05, 3.63) is 30.0 Å². The van der Waals surface area contributed by atoms with Gasteiger partial charge in [-0.05, 0) is 37.3 Å². The summed E-state index contributed by atoms with van der Waals surface area (Å²) in [6.45, 7) is 6.43. The number of rotatable bonds is 4. The summed E-state index contributed by atoms with van der Waals surface area (Å²) in [4.78, 5) is 18.2. The molecule has 1 N–H and O–H groups in total. The van der Waals surface area contributed by atoms with Gasteiger partial charge in [-0.2, -0.15) is 0 Å². The molecule has 128 valence electrons. The van der Waals surface area contributed by atoms with Crippen molar-refractivity contribution >= 4 is 22.5 Å². The van der Waals surface area contributed by atoms with Crippen LogP contribution < -0.4 is 15.0 Å². The summed E-state index contributed by atoms with van der Waals surface area (Å²) in [6, 6.07) is 6.08. The van der Waals surface area contributed by atoms with Gasteiger partial charge in [-0.15, -0.1) is 0 Å². The molecular weight excluding hydrogens is 302 g/mol. The number of fused-ring (bicyclic) bond motifs is 1. The van der Waals surface area contributed by atoms with E-state index < -0.39 is 0 Å². The van der Waals surface area contributed by atoms with Crippen molar-refractivity contribution < 1.29 is 9.53 Å². The average Bonchev–Trinajstić information content (AvgIpc) is 2.59. The normalized spacial score (nSPS) is 17.8. The largest absolute Gasteiger partial charge is 0.494 e. The lowest BCUT2D eigenvalue weighted by atomic mass is 9.96. The lowest BCUT2D eigenvalue weighted by Gasteiger charge is -2.36. The molecule has 0 spiro atoms. The number of piperidine rings is 1. The van der Waals surface area contributed by atoms with Crippen molar-refractivity contribution in [2.24, 2.45) is 5.92 Å². The van der Waals surface area contributed by atoms with Gasteiger partial charge >= 0.3 is 0 Å². The molecule has 1 aliphatic heterocycles. The monoisotopic (exact) mass is 327 g/mol. The lowest BCUT2D eigenvalue weighted by Crippen LogP contribution is -2.41. The van der Waals surface area contributed by atoms with E-state index in [4.69, 9.17) is 4.74 Å². The maximum absolute atomic E-state index is 11.2. The Kier molecular flexibility index (Phi) is 4.88. The molecular formula is C19H25N3O2. The number of amides is 1. The second-order valence-corrected chi connectivity index (χ2v) is 6.54. The number of carbonyl (C=O) groups is 1. The fourth-order valence-electron chi connectivity index (χ4n) is 3.59. The van der Waals surface area contributed by atoms with Crippen molar-refractivity contribution in [1.29, 1.82) is 0 Å². The minimum atomic E-state index is 0.0439. The first-order valence-corrected chi connectivity index (χ1v) is 8.52. The predicted molar refractivity (Wildman–Crippen MR) is 96.7 cm³/mol. The highest BCUT2D eigenvalue weighted by molar-refractivity contribution is 5.96. The van der Waals surface area contributed by atoms with Crippen molar-refractivity contribution in [2.45, 2.75) is 26.7 Å². The number of nitrogens with zero attached hydrogens (tertiary/aromatic N) is 2. The Morgan fingerprint density at radius 3 is 3.04 bits per heavy atom. The molecule has 0 bridgehead atoms. The van der Waals surface area contributed by atoms with E-state index in [0.29, 0.717) is 5.92 Å². The van der Waals surface area contributed by atoms with Crippen LogP contribution in [0.15, 0.2) is 24.4 Å². The van der Waals surface area contributed by atoms with Crippen LogP contribution in [-0.4, -0.2) is 37.6 Å². The Hall–Kier alpha value is -2.30. The summed E-state index contributed by atoms with van der Waals surface area (Å²) in [5.74, 6) is 1.33. The molecule has 1 aromatic carbocycles. The maximum atomic E-state index is 11.2. The van der Waals surface area contributed by atoms with E-state index in [1.165, 1.54) is 11.3 Å². The molecule has 2 heterocycles. The molecule has 1 aromatic heterocycles. The van der Waals surface area contributed by atoms with Gasteiger partial charge in [0.1, 0.15) is 11.3 Å². The number of anilines is 1. The number of hydrogen-bond donors (Lipinski definition) is 1. The summed E-state index contributed by atoms with van der Waals surface area (Å²) >= 11 is 0. The molecule has 1 aliphatic rings. The lowest BCUT2D eigenvalue weighted by molar-refractivity contribution is -0.119. The summed E-state index contributed by atoms with van der Waals surface area (Å²) < 4.78 is 5.47. The molecule has 24 heavy (non-hydrogen) atoms. The first-order chi connectivity index (χ1) is 11.6. The number of pyridine rings is 1. The third kappa shape index (κ3) is 3.30. The number of aryl methyl sites for hydroxylation is 1. The molecule has 3 rings (SSSR count). The van der Waals surface area contributed by atoms with Crippen LogP contribution >= 0.6 is 0 Å². The van der Waals surface area contributed by atoms with Gasteiger partial charge in [-0.1, -0.05) is 12.1 Å². The van der Waals surface area contributed by atoms with Gasteiger partial charge in [0.25, 0.3) is 0 Å². The van der Waals surface area contributed by atoms with Crippen LogP contribution in [0.2, 0.25) is 0 Å². The fraction of sp³-hybridized carbons (Fsp3) is 0.474. The molecule has 0 unspecified atom stereocenters. The molecule has 1 amide bonds. The minimum absolute atomic E-state index is 0.0439. The van der Waals surface area contributed by atoms with Crippen molar-refractivity contribution in [3.8, 4) is 5.75 Å². The van der Waals surface area contributed by atoms with Gasteiger partial charge in [0.15, 0.2) is 0 Å². The number of aromatic nitrogens is 1. The number of methoxy groups -OCH3 is 1. The Morgan fingerprint density at radius 1 is 1.46 bits per heavy atom. The van der Waals surface area contributed by atoms with E-state index in [2.05, 4.69) is 28.2 Å². The van der Waals surface area contributed by atoms with Gasteiger partial charge in [0, 0.05) is 38.1 Å². The molecule has 0 aliphatic carbocycles. The van der Waals surface area contributed by atoms with Crippen LogP contribution in [0.4, 0.5) is 5.69 Å². The van der Waals surface area contributed by atoms with Gasteiger partial charge in [0.2, 0.25) is 5.91 Å². The SMILES string of the molecule is COc1cccc2c(N3CCC[C@@H](CNC(C)=O)C3)c(C)cnc12. The molecule has 0 saturated carbocycles. The van der Waals surface area contributed by atoms with Crippen molar-refractivity contribution in [1.82, 2.24) is 10.3 Å². The van der Waals surface area contributed by atoms with Crippen LogP contribution in [0.5, 0.6) is 5.75 Å². The highest BCUT2D eigenvalue weighted by Gasteiger charge is 2.23. The number of carbonyl (C=O) groups excluding carboxylic acids is 1. The molecule has 5 heteroatoms. The third-order valence-corrected chi connectivity index (χ3v) is 4.71. The van der Waals surface area contributed by atoms with Gasteiger partial charge in [-0.3, -0.25) is 9.78 Å². The number of nitrogens with one attached hydrogen (secondary N) is 1. The molecule has 1 saturated heterocycles. The first kappa shape index (κ1) is 16.6. The number of hydrogen-bond acceptors (Lipinski definition) is 4. The summed E-state index contributed by atoms with van der Waals surface area (Å²) in [6.07, 6.45) is 4.22. The Balaban J connectivity index is 1.93. The Bertz CT molecular complexity index is 745. The zero-order chi connectivity index (χ0) is 17.1. The second kappa shape index (κ2) is 7.07. The molecule has 0 radical (unpaired) electrons. The predicted octanol–water partition coefficient (Wildman–Crippen LogP) is 2.90. The number of ether oxygens (including phenoxy) is 1. The highest BCUT2D eigenvalue weighted by Crippen LogP contribution is 2.35. The molecule has 1 fully saturated rings. The van der Waals surface area contributed by atoms with Crippen LogP contribution in [0.1, 0.15) is 25.3 Å². The Morgan fingerprint density at radius 2 is 2.29 bits per heavy atom. The summed E-state index contributed by atoms with van der Waals surface area (Å²) in [5.41, 5.74) is 3.33. The van der Waals surface area contributed by atoms with E-state index in [0.717, 1.165) is 49.1 Å². The van der Waals surface area contributed by atoms with Gasteiger partial charge in [0.05, 0.1) is 12.8 Å². The standard InChI is InChI=1S/C19H25N3O2/c1-13-10-21-18-16(7-4-8-17(18)24-3)19(13)22-9-5-6-15(12-22)11-20-14(2)23/h4,7-8,10,15H,5-6,9,11-12H2,1-3H3,(H,20,23)/t15-/m0/s1. The maximum Gasteiger partial charge on any atom is 0.216 e. The van der Waals surface area contributed by atoms with Crippen molar-refractivity contribution in [3.63, 3.8) is 0 Å². The van der Waals surface area contributed by atoms with E-state index in [1.54, 1.807) is 14.0 Å². The number of para-hydroxylation sites is 1. The highest BCUT2D eigenvalue weighted by atomic mass is 16.5. The molecule has 1 atom stereocenters. The van der Waals surface area contributed by atoms with Crippen LogP contribution in [0.25, 0.3) is 10.9 Å². The summed E-state index contributed by atoms with van der Waals surface area (Å²) in [5, 5.41) is 4.09. The smallest absolute Gasteiger partial charge is 0.216 e. The topological polar surface area (TPSA) is 54.5 Å².